The van der Waals surface area contributed by atoms with E-state index in [2.05, 4.69) is 22.1 Å². The summed E-state index contributed by atoms with van der Waals surface area (Å²) in [4.78, 5) is 25.6. The van der Waals surface area contributed by atoms with Crippen molar-refractivity contribution in [3.8, 4) is 5.75 Å². The average Bonchev–Trinajstić information content (AvgIpc) is 3.40. The molecule has 2 aromatic heterocycles. The number of aryl methyl sites for hydroxylation is 2. The fraction of sp³-hybridized carbons (Fsp3) is 0.304. The van der Waals surface area contributed by atoms with Crippen LogP contribution in [0, 0.1) is 6.92 Å². The summed E-state index contributed by atoms with van der Waals surface area (Å²) in [5.74, 6) is 0.658. The number of halogens is 1. The molecule has 0 spiro atoms. The van der Waals surface area contributed by atoms with Gasteiger partial charge in [-0.2, -0.15) is 0 Å². The molecule has 34 heavy (non-hydrogen) atoms. The molecule has 1 amide bonds. The maximum Gasteiger partial charge on any atom is 0.340 e. The van der Waals surface area contributed by atoms with E-state index in [1.807, 2.05) is 30.5 Å². The number of anilines is 1. The Hall–Kier alpha value is -2.82. The molecular weight excluding hydrogens is 496 g/mol. The number of benzene rings is 1. The number of rotatable bonds is 11. The lowest BCUT2D eigenvalue weighted by Gasteiger charge is -2.11. The van der Waals surface area contributed by atoms with Gasteiger partial charge >= 0.3 is 5.97 Å². The maximum atomic E-state index is 12.6. The van der Waals surface area contributed by atoms with Crippen molar-refractivity contribution in [2.24, 2.45) is 0 Å². The molecule has 0 atom stereocenters. The summed E-state index contributed by atoms with van der Waals surface area (Å²) in [6.45, 7) is 8.36. The highest BCUT2D eigenvalue weighted by atomic mass is 35.5. The number of nitrogens with one attached hydrogen (secondary N) is 1. The van der Waals surface area contributed by atoms with Crippen LogP contribution in [-0.2, 0) is 29.1 Å². The minimum Gasteiger partial charge on any atom is -0.485 e. The van der Waals surface area contributed by atoms with Crippen molar-refractivity contribution in [2.75, 3.05) is 18.2 Å². The van der Waals surface area contributed by atoms with E-state index in [1.165, 1.54) is 30.2 Å². The molecule has 0 radical (unpaired) electrons. The van der Waals surface area contributed by atoms with Crippen LogP contribution in [0.25, 0.3) is 0 Å². The zero-order chi connectivity index (χ0) is 24.7. The Morgan fingerprint density at radius 3 is 2.79 bits per heavy atom. The highest BCUT2D eigenvalue weighted by Crippen LogP contribution is 2.30. The van der Waals surface area contributed by atoms with Crippen LogP contribution in [0.4, 0.5) is 5.00 Å². The summed E-state index contributed by atoms with van der Waals surface area (Å²) in [7, 11) is 1.31. The number of carbonyl (C=O) groups excluding carboxylic acids is 2. The third-order valence-corrected chi connectivity index (χ3v) is 7.12. The summed E-state index contributed by atoms with van der Waals surface area (Å²) in [5, 5.41) is 12.9. The number of methoxy groups -OCH3 is 1. The molecule has 8 nitrogen and oxygen atoms in total. The molecule has 0 aliphatic carbocycles. The standard InChI is InChI=1S/C23H25ClN4O4S2/c1-5-9-28-19(12-32-18-8-7-15(24)10-14(18)3)26-27-23(28)33-13-20(29)25-21-17(22(30)31-4)11-16(6-2)34-21/h5,7-8,10-11H,1,6,9,12-13H2,2-4H3,(H,25,29). The highest BCUT2D eigenvalue weighted by Gasteiger charge is 2.19. The summed E-state index contributed by atoms with van der Waals surface area (Å²) in [5.41, 5.74) is 1.27. The summed E-state index contributed by atoms with van der Waals surface area (Å²) in [6, 6.07) is 7.15. The van der Waals surface area contributed by atoms with Crippen molar-refractivity contribution in [1.29, 1.82) is 0 Å². The van der Waals surface area contributed by atoms with Gasteiger partial charge in [0.2, 0.25) is 5.91 Å². The van der Waals surface area contributed by atoms with Gasteiger partial charge in [-0.25, -0.2) is 4.79 Å². The third-order valence-electron chi connectivity index (χ3n) is 4.72. The monoisotopic (exact) mass is 520 g/mol. The Morgan fingerprint density at radius 1 is 1.32 bits per heavy atom. The number of hydrogen-bond donors (Lipinski definition) is 1. The van der Waals surface area contributed by atoms with Gasteiger partial charge in [-0.15, -0.1) is 28.1 Å². The predicted octanol–water partition coefficient (Wildman–Crippen LogP) is 5.15. The smallest absolute Gasteiger partial charge is 0.340 e. The molecule has 3 aromatic rings. The van der Waals surface area contributed by atoms with Gasteiger partial charge in [0.15, 0.2) is 11.0 Å². The van der Waals surface area contributed by atoms with E-state index < -0.39 is 5.97 Å². The average molecular weight is 521 g/mol. The highest BCUT2D eigenvalue weighted by molar-refractivity contribution is 7.99. The van der Waals surface area contributed by atoms with E-state index >= 15 is 0 Å². The third kappa shape index (κ3) is 6.40. The summed E-state index contributed by atoms with van der Waals surface area (Å²) in [6.07, 6.45) is 2.48. The zero-order valence-corrected chi connectivity index (χ0v) is 21.5. The van der Waals surface area contributed by atoms with Crippen LogP contribution in [0.2, 0.25) is 5.02 Å². The Balaban J connectivity index is 1.66. The van der Waals surface area contributed by atoms with E-state index in [-0.39, 0.29) is 18.3 Å². The first-order chi connectivity index (χ1) is 16.4. The number of ether oxygens (including phenoxy) is 2. The van der Waals surface area contributed by atoms with Crippen molar-refractivity contribution >= 4 is 51.6 Å². The lowest BCUT2D eigenvalue weighted by molar-refractivity contribution is -0.113. The van der Waals surface area contributed by atoms with E-state index in [0.717, 1.165) is 16.9 Å². The normalized spacial score (nSPS) is 10.7. The van der Waals surface area contributed by atoms with Crippen LogP contribution in [0.1, 0.15) is 33.5 Å². The molecule has 11 heteroatoms. The predicted molar refractivity (Wildman–Crippen MR) is 135 cm³/mol. The molecule has 0 aliphatic rings. The number of thioether (sulfide) groups is 1. The Labute approximate surface area is 211 Å². The number of aromatic nitrogens is 3. The Morgan fingerprint density at radius 2 is 2.12 bits per heavy atom. The van der Waals surface area contributed by atoms with Crippen molar-refractivity contribution in [1.82, 2.24) is 14.8 Å². The molecular formula is C23H25ClN4O4S2. The molecule has 0 bridgehead atoms. The molecule has 0 saturated carbocycles. The van der Waals surface area contributed by atoms with Crippen LogP contribution in [0.5, 0.6) is 5.75 Å². The maximum absolute atomic E-state index is 12.6. The number of amides is 1. The van der Waals surface area contributed by atoms with E-state index in [4.69, 9.17) is 21.1 Å². The fourth-order valence-corrected chi connectivity index (χ4v) is 5.02. The molecule has 1 N–H and O–H groups in total. The summed E-state index contributed by atoms with van der Waals surface area (Å²) >= 11 is 8.61. The van der Waals surface area contributed by atoms with Crippen LogP contribution in [0.15, 0.2) is 42.1 Å². The molecule has 0 fully saturated rings. The van der Waals surface area contributed by atoms with Crippen molar-refractivity contribution in [3.05, 3.63) is 63.8 Å². The van der Waals surface area contributed by atoms with Gasteiger partial charge in [-0.05, 0) is 43.2 Å². The zero-order valence-electron chi connectivity index (χ0n) is 19.1. The second kappa shape index (κ2) is 12.0. The van der Waals surface area contributed by atoms with Gasteiger partial charge in [0.1, 0.15) is 17.4 Å². The number of carbonyl (C=O) groups is 2. The molecule has 0 unspecified atom stereocenters. The second-order valence-corrected chi connectivity index (χ2v) is 9.65. The van der Waals surface area contributed by atoms with Crippen molar-refractivity contribution < 1.29 is 19.1 Å². The molecule has 180 valence electrons. The minimum absolute atomic E-state index is 0.0897. The van der Waals surface area contributed by atoms with E-state index in [9.17, 15) is 9.59 Å². The van der Waals surface area contributed by atoms with Crippen LogP contribution >= 0.6 is 34.7 Å². The fourth-order valence-electron chi connectivity index (χ4n) is 3.03. The van der Waals surface area contributed by atoms with Crippen molar-refractivity contribution in [3.63, 3.8) is 0 Å². The lowest BCUT2D eigenvalue weighted by Crippen LogP contribution is -2.16. The molecule has 1 aromatic carbocycles. The number of thiophene rings is 1. The van der Waals surface area contributed by atoms with Crippen LogP contribution < -0.4 is 10.1 Å². The first-order valence-corrected chi connectivity index (χ1v) is 12.6. The van der Waals surface area contributed by atoms with E-state index in [1.54, 1.807) is 18.2 Å². The van der Waals surface area contributed by atoms with Gasteiger partial charge in [0.05, 0.1) is 18.4 Å². The van der Waals surface area contributed by atoms with Crippen LogP contribution in [0.3, 0.4) is 0 Å². The topological polar surface area (TPSA) is 95.3 Å². The number of allylic oxidation sites excluding steroid dienone is 1. The first kappa shape index (κ1) is 25.8. The Kier molecular flexibility index (Phi) is 9.14. The number of esters is 1. The largest absolute Gasteiger partial charge is 0.485 e. The molecule has 2 heterocycles. The van der Waals surface area contributed by atoms with Gasteiger partial charge < -0.3 is 14.8 Å². The SMILES string of the molecule is C=CCn1c(COc2ccc(Cl)cc2C)nnc1SCC(=O)Nc1sc(CC)cc1C(=O)OC. The Bertz CT molecular complexity index is 1190. The van der Waals surface area contributed by atoms with Gasteiger partial charge in [-0.1, -0.05) is 36.4 Å². The first-order valence-electron chi connectivity index (χ1n) is 10.4. The van der Waals surface area contributed by atoms with Crippen LogP contribution in [-0.4, -0.2) is 39.5 Å². The lowest BCUT2D eigenvalue weighted by atomic mass is 10.2. The summed E-state index contributed by atoms with van der Waals surface area (Å²) < 4.78 is 12.6. The molecule has 3 rings (SSSR count). The van der Waals surface area contributed by atoms with Crippen molar-refractivity contribution in [2.45, 2.75) is 38.6 Å². The van der Waals surface area contributed by atoms with Gasteiger partial charge in [-0.3, -0.25) is 9.36 Å². The molecule has 0 aliphatic heterocycles. The molecule has 0 saturated heterocycles. The second-order valence-electron chi connectivity index (χ2n) is 7.13. The van der Waals surface area contributed by atoms with Gasteiger partial charge in [0, 0.05) is 16.4 Å². The quantitative estimate of drug-likeness (QED) is 0.212. The van der Waals surface area contributed by atoms with E-state index in [0.29, 0.717) is 38.9 Å². The minimum atomic E-state index is -0.481. The number of hydrogen-bond acceptors (Lipinski definition) is 8. The van der Waals surface area contributed by atoms with Gasteiger partial charge in [0.25, 0.3) is 0 Å². The number of nitrogens with zero attached hydrogens (tertiary/aromatic N) is 3.